The molecule has 3 nitrogen and oxygen atoms in total. The highest BCUT2D eigenvalue weighted by Gasteiger charge is 2.03. The Kier molecular flexibility index (Phi) is 5.27. The summed E-state index contributed by atoms with van der Waals surface area (Å²) in [6, 6.07) is 0. The molecule has 0 unspecified atom stereocenters. The molecule has 0 aliphatic rings. The van der Waals surface area contributed by atoms with Gasteiger partial charge in [0.2, 0.25) is 0 Å². The van der Waals surface area contributed by atoms with Crippen molar-refractivity contribution in [2.45, 2.75) is 32.8 Å². The van der Waals surface area contributed by atoms with Gasteiger partial charge in [-0.2, -0.15) is 0 Å². The van der Waals surface area contributed by atoms with Crippen LogP contribution < -0.4 is 0 Å². The molecule has 5 heteroatoms. The predicted octanol–water partition coefficient (Wildman–Crippen LogP) is 2.90. The Labute approximate surface area is 87.2 Å². The Hall–Kier alpha value is -0.190. The average molecular weight is 221 g/mol. The normalized spacial score (nSPS) is 10.6. The summed E-state index contributed by atoms with van der Waals surface area (Å²) in [5, 5.41) is 3.85. The largest absolute Gasteiger partial charge is 0.375 e. The summed E-state index contributed by atoms with van der Waals surface area (Å²) < 4.78 is 9.73. The van der Waals surface area contributed by atoms with Gasteiger partial charge in [0.1, 0.15) is 10.0 Å². The van der Waals surface area contributed by atoms with Gasteiger partial charge in [-0.05, 0) is 6.42 Å². The van der Waals surface area contributed by atoms with E-state index >= 15 is 0 Å². The molecule has 0 spiro atoms. The molecular formula is C8H13ClN2OS. The molecule has 1 aromatic heterocycles. The number of hydrogen-bond acceptors (Lipinski definition) is 4. The summed E-state index contributed by atoms with van der Waals surface area (Å²) >= 11 is 6.99. The molecule has 0 saturated heterocycles. The zero-order valence-corrected chi connectivity index (χ0v) is 9.20. The lowest BCUT2D eigenvalue weighted by molar-refractivity contribution is 0.114. The molecule has 0 saturated carbocycles. The molecule has 0 N–H and O–H groups in total. The number of halogens is 1. The topological polar surface area (TPSA) is 35.0 Å². The number of nitrogens with zero attached hydrogens (tertiary/aromatic N) is 2. The summed E-state index contributed by atoms with van der Waals surface area (Å²) in [5.74, 6) is 0. The van der Waals surface area contributed by atoms with Crippen LogP contribution in [0.15, 0.2) is 0 Å². The van der Waals surface area contributed by atoms with Crippen molar-refractivity contribution in [1.82, 2.24) is 9.59 Å². The molecule has 0 aromatic carbocycles. The number of rotatable bonds is 6. The number of unbranched alkanes of at least 4 members (excludes halogenated alkanes) is 2. The molecule has 0 fully saturated rings. The van der Waals surface area contributed by atoms with E-state index in [1.165, 1.54) is 24.4 Å². The third-order valence-corrected chi connectivity index (χ3v) is 2.62. The van der Waals surface area contributed by atoms with Crippen LogP contribution in [0.3, 0.4) is 0 Å². The molecular weight excluding hydrogens is 208 g/mol. The van der Waals surface area contributed by atoms with E-state index in [0.717, 1.165) is 18.7 Å². The average Bonchev–Trinajstić information content (AvgIpc) is 2.52. The molecule has 0 radical (unpaired) electrons. The molecule has 13 heavy (non-hydrogen) atoms. The van der Waals surface area contributed by atoms with Gasteiger partial charge in [-0.1, -0.05) is 35.9 Å². The van der Waals surface area contributed by atoms with E-state index < -0.39 is 0 Å². The maximum absolute atomic E-state index is 5.79. The Balaban J connectivity index is 2.10. The van der Waals surface area contributed by atoms with Crippen molar-refractivity contribution in [2.75, 3.05) is 6.61 Å². The predicted molar refractivity (Wildman–Crippen MR) is 54.1 cm³/mol. The van der Waals surface area contributed by atoms with Crippen LogP contribution in [0, 0.1) is 0 Å². The van der Waals surface area contributed by atoms with Crippen molar-refractivity contribution >= 4 is 23.1 Å². The highest BCUT2D eigenvalue weighted by Crippen LogP contribution is 2.17. The fourth-order valence-electron chi connectivity index (χ4n) is 0.906. The van der Waals surface area contributed by atoms with Crippen LogP contribution in [0.4, 0.5) is 0 Å². The van der Waals surface area contributed by atoms with E-state index in [1.54, 1.807) is 0 Å². The smallest absolute Gasteiger partial charge is 0.139 e. The molecule has 0 aliphatic carbocycles. The lowest BCUT2D eigenvalue weighted by Gasteiger charge is -2.00. The fourth-order valence-corrected chi connectivity index (χ4v) is 1.51. The second kappa shape index (κ2) is 6.29. The van der Waals surface area contributed by atoms with E-state index in [2.05, 4.69) is 16.5 Å². The van der Waals surface area contributed by atoms with Gasteiger partial charge in [-0.15, -0.1) is 5.10 Å². The Bertz CT molecular complexity index is 242. The summed E-state index contributed by atoms with van der Waals surface area (Å²) in [5.41, 5.74) is 0.753. The molecule has 74 valence electrons. The third kappa shape index (κ3) is 4.02. The highest BCUT2D eigenvalue weighted by molar-refractivity contribution is 7.10. The van der Waals surface area contributed by atoms with E-state index in [-0.39, 0.29) is 0 Å². The van der Waals surface area contributed by atoms with Gasteiger partial charge in [0.05, 0.1) is 6.61 Å². The minimum absolute atomic E-state index is 0.485. The zero-order valence-electron chi connectivity index (χ0n) is 7.62. The van der Waals surface area contributed by atoms with Gasteiger partial charge in [0.15, 0.2) is 0 Å². The first-order valence-corrected chi connectivity index (χ1v) is 5.54. The molecule has 0 atom stereocenters. The Morgan fingerprint density at radius 3 is 2.92 bits per heavy atom. The monoisotopic (exact) mass is 220 g/mol. The molecule has 1 aromatic rings. The SMILES string of the molecule is CCCCCOCc1nnsc1Cl. The van der Waals surface area contributed by atoms with Crippen LogP contribution in [0.25, 0.3) is 0 Å². The quantitative estimate of drug-likeness (QED) is 0.692. The molecule has 1 rings (SSSR count). The second-order valence-electron chi connectivity index (χ2n) is 2.75. The first kappa shape index (κ1) is 10.9. The van der Waals surface area contributed by atoms with Crippen LogP contribution in [0.5, 0.6) is 0 Å². The molecule has 1 heterocycles. The van der Waals surface area contributed by atoms with Crippen molar-refractivity contribution in [3.8, 4) is 0 Å². The maximum atomic E-state index is 5.79. The highest BCUT2D eigenvalue weighted by atomic mass is 35.5. The number of ether oxygens (including phenoxy) is 1. The first-order chi connectivity index (χ1) is 6.34. The van der Waals surface area contributed by atoms with E-state index in [9.17, 15) is 0 Å². The van der Waals surface area contributed by atoms with E-state index in [0.29, 0.717) is 10.9 Å². The fraction of sp³-hybridized carbons (Fsp3) is 0.750. The zero-order chi connectivity index (χ0) is 9.52. The van der Waals surface area contributed by atoms with Gasteiger partial charge < -0.3 is 4.74 Å². The Morgan fingerprint density at radius 2 is 2.31 bits per heavy atom. The van der Waals surface area contributed by atoms with Crippen LogP contribution in [0.2, 0.25) is 4.34 Å². The summed E-state index contributed by atoms with van der Waals surface area (Å²) in [6.45, 7) is 3.43. The van der Waals surface area contributed by atoms with Crippen molar-refractivity contribution in [1.29, 1.82) is 0 Å². The molecule has 0 bridgehead atoms. The Morgan fingerprint density at radius 1 is 1.46 bits per heavy atom. The summed E-state index contributed by atoms with van der Waals surface area (Å²) in [7, 11) is 0. The number of aromatic nitrogens is 2. The van der Waals surface area contributed by atoms with E-state index in [1.807, 2.05) is 0 Å². The summed E-state index contributed by atoms with van der Waals surface area (Å²) in [6.07, 6.45) is 3.52. The van der Waals surface area contributed by atoms with Crippen LogP contribution in [-0.2, 0) is 11.3 Å². The van der Waals surface area contributed by atoms with Crippen LogP contribution in [0.1, 0.15) is 31.9 Å². The van der Waals surface area contributed by atoms with Crippen molar-refractivity contribution in [2.24, 2.45) is 0 Å². The minimum Gasteiger partial charge on any atom is -0.375 e. The lowest BCUT2D eigenvalue weighted by Crippen LogP contribution is -1.96. The van der Waals surface area contributed by atoms with Gasteiger partial charge in [-0.3, -0.25) is 0 Å². The summed E-state index contributed by atoms with van der Waals surface area (Å²) in [4.78, 5) is 0. The number of hydrogen-bond donors (Lipinski definition) is 0. The third-order valence-electron chi connectivity index (χ3n) is 1.64. The molecule has 0 aliphatic heterocycles. The maximum Gasteiger partial charge on any atom is 0.139 e. The van der Waals surface area contributed by atoms with Gasteiger partial charge in [0, 0.05) is 18.1 Å². The van der Waals surface area contributed by atoms with Gasteiger partial charge in [-0.25, -0.2) is 0 Å². The van der Waals surface area contributed by atoms with E-state index in [4.69, 9.17) is 16.3 Å². The molecule has 0 amide bonds. The lowest BCUT2D eigenvalue weighted by atomic mass is 10.3. The first-order valence-electron chi connectivity index (χ1n) is 4.39. The standard InChI is InChI=1S/C8H13ClN2OS/c1-2-3-4-5-12-6-7-8(9)13-11-10-7/h2-6H2,1H3. The van der Waals surface area contributed by atoms with Crippen LogP contribution >= 0.6 is 23.1 Å². The van der Waals surface area contributed by atoms with Crippen LogP contribution in [-0.4, -0.2) is 16.2 Å². The van der Waals surface area contributed by atoms with Gasteiger partial charge >= 0.3 is 0 Å². The van der Waals surface area contributed by atoms with Crippen molar-refractivity contribution in [3.63, 3.8) is 0 Å². The minimum atomic E-state index is 0.485. The van der Waals surface area contributed by atoms with Crippen molar-refractivity contribution < 1.29 is 4.74 Å². The second-order valence-corrected chi connectivity index (χ2v) is 4.11. The van der Waals surface area contributed by atoms with Crippen molar-refractivity contribution in [3.05, 3.63) is 10.0 Å². The van der Waals surface area contributed by atoms with Gasteiger partial charge in [0.25, 0.3) is 0 Å².